The first-order valence-electron chi connectivity index (χ1n) is 7.51. The molecule has 3 rings (SSSR count). The molecule has 0 unspecified atom stereocenters. The van der Waals surface area contributed by atoms with Crippen LogP contribution in [0.15, 0.2) is 67.4 Å². The number of hydrogen-bond acceptors (Lipinski definition) is 5. The van der Waals surface area contributed by atoms with E-state index in [4.69, 9.17) is 0 Å². The number of amides is 1. The van der Waals surface area contributed by atoms with Gasteiger partial charge in [0, 0.05) is 49.6 Å². The second-order valence-electron chi connectivity index (χ2n) is 5.21. The normalized spacial score (nSPS) is 10.2. The first kappa shape index (κ1) is 15.6. The molecule has 1 N–H and O–H groups in total. The molecule has 0 bridgehead atoms. The van der Waals surface area contributed by atoms with Crippen LogP contribution in [0.4, 0.5) is 11.5 Å². The number of benzene rings is 1. The lowest BCUT2D eigenvalue weighted by molar-refractivity contribution is 0.0993. The minimum Gasteiger partial charge on any atom is -0.365 e. The molecule has 0 saturated heterocycles. The van der Waals surface area contributed by atoms with E-state index in [-0.39, 0.29) is 5.91 Å². The molecule has 0 spiro atoms. The number of carbonyl (C=O) groups excluding carboxylic acids is 1. The zero-order valence-electron chi connectivity index (χ0n) is 13.3. The van der Waals surface area contributed by atoms with E-state index in [9.17, 15) is 4.79 Å². The van der Waals surface area contributed by atoms with E-state index in [0.29, 0.717) is 12.1 Å². The quantitative estimate of drug-likeness (QED) is 0.783. The molecule has 0 fully saturated rings. The van der Waals surface area contributed by atoms with Crippen LogP contribution in [0.2, 0.25) is 0 Å². The SMILES string of the molecule is CN(C(=O)c1ccncc1)c1ccc(CNc2cnccn2)cc1. The Kier molecular flexibility index (Phi) is 4.76. The number of nitrogens with zero attached hydrogens (tertiary/aromatic N) is 4. The zero-order valence-corrected chi connectivity index (χ0v) is 13.3. The zero-order chi connectivity index (χ0) is 16.8. The van der Waals surface area contributed by atoms with Crippen LogP contribution in [0.5, 0.6) is 0 Å². The third-order valence-electron chi connectivity index (χ3n) is 3.59. The van der Waals surface area contributed by atoms with Gasteiger partial charge in [-0.2, -0.15) is 0 Å². The Morgan fingerprint density at radius 3 is 2.42 bits per heavy atom. The maximum absolute atomic E-state index is 12.4. The fourth-order valence-corrected chi connectivity index (χ4v) is 2.23. The molecule has 3 aromatic rings. The molecule has 2 heterocycles. The van der Waals surface area contributed by atoms with Gasteiger partial charge in [0.2, 0.25) is 0 Å². The van der Waals surface area contributed by atoms with Crippen molar-refractivity contribution in [2.75, 3.05) is 17.3 Å². The van der Waals surface area contributed by atoms with Gasteiger partial charge in [-0.3, -0.25) is 14.8 Å². The highest BCUT2D eigenvalue weighted by molar-refractivity contribution is 6.05. The highest BCUT2D eigenvalue weighted by atomic mass is 16.2. The van der Waals surface area contributed by atoms with Crippen LogP contribution in [0.1, 0.15) is 15.9 Å². The number of pyridine rings is 1. The van der Waals surface area contributed by atoms with Crippen molar-refractivity contribution in [2.45, 2.75) is 6.54 Å². The number of hydrogen-bond donors (Lipinski definition) is 1. The van der Waals surface area contributed by atoms with Crippen LogP contribution >= 0.6 is 0 Å². The highest BCUT2D eigenvalue weighted by Gasteiger charge is 2.12. The Morgan fingerprint density at radius 1 is 1.00 bits per heavy atom. The molecule has 6 nitrogen and oxygen atoms in total. The Bertz CT molecular complexity index is 791. The van der Waals surface area contributed by atoms with Crippen LogP contribution in [0, 0.1) is 0 Å². The summed E-state index contributed by atoms with van der Waals surface area (Å²) in [6.07, 6.45) is 8.18. The molecule has 6 heteroatoms. The fraction of sp³-hybridized carbons (Fsp3) is 0.111. The Balaban J connectivity index is 1.64. The largest absolute Gasteiger partial charge is 0.365 e. The number of rotatable bonds is 5. The molecule has 120 valence electrons. The third-order valence-corrected chi connectivity index (χ3v) is 3.59. The summed E-state index contributed by atoms with van der Waals surface area (Å²) in [7, 11) is 1.76. The molecule has 1 amide bonds. The summed E-state index contributed by atoms with van der Waals surface area (Å²) in [4.78, 5) is 26.1. The monoisotopic (exact) mass is 319 g/mol. The van der Waals surface area contributed by atoms with Crippen molar-refractivity contribution < 1.29 is 4.79 Å². The molecule has 0 saturated carbocycles. The van der Waals surface area contributed by atoms with E-state index in [1.165, 1.54) is 0 Å². The van der Waals surface area contributed by atoms with E-state index in [1.807, 2.05) is 24.3 Å². The van der Waals surface area contributed by atoms with Crippen molar-refractivity contribution in [2.24, 2.45) is 0 Å². The van der Waals surface area contributed by atoms with Gasteiger partial charge in [0.05, 0.1) is 6.20 Å². The number of carbonyl (C=O) groups is 1. The lowest BCUT2D eigenvalue weighted by Gasteiger charge is -2.17. The molecule has 2 aromatic heterocycles. The topological polar surface area (TPSA) is 71.0 Å². The van der Waals surface area contributed by atoms with Crippen LogP contribution in [-0.2, 0) is 6.54 Å². The van der Waals surface area contributed by atoms with Crippen molar-refractivity contribution >= 4 is 17.4 Å². The maximum atomic E-state index is 12.4. The van der Waals surface area contributed by atoms with E-state index in [0.717, 1.165) is 17.1 Å². The van der Waals surface area contributed by atoms with Gasteiger partial charge >= 0.3 is 0 Å². The van der Waals surface area contributed by atoms with Crippen molar-refractivity contribution in [3.05, 3.63) is 78.5 Å². The second-order valence-corrected chi connectivity index (χ2v) is 5.21. The number of aromatic nitrogens is 3. The predicted molar refractivity (Wildman–Crippen MR) is 92.8 cm³/mol. The minimum absolute atomic E-state index is 0.0668. The Morgan fingerprint density at radius 2 is 1.75 bits per heavy atom. The molecule has 0 radical (unpaired) electrons. The molecule has 0 aliphatic heterocycles. The second kappa shape index (κ2) is 7.32. The van der Waals surface area contributed by atoms with Crippen LogP contribution in [0.25, 0.3) is 0 Å². The summed E-state index contributed by atoms with van der Waals surface area (Å²) >= 11 is 0. The van der Waals surface area contributed by atoms with Gasteiger partial charge in [-0.15, -0.1) is 0 Å². The molecular weight excluding hydrogens is 302 g/mol. The van der Waals surface area contributed by atoms with Gasteiger partial charge in [-0.05, 0) is 29.8 Å². The summed E-state index contributed by atoms with van der Waals surface area (Å²) in [5.74, 6) is 0.661. The summed E-state index contributed by atoms with van der Waals surface area (Å²) in [5.41, 5.74) is 2.54. The van der Waals surface area contributed by atoms with Gasteiger partial charge in [0.25, 0.3) is 5.91 Å². The summed E-state index contributed by atoms with van der Waals surface area (Å²) in [6.45, 7) is 0.640. The molecule has 0 aliphatic carbocycles. The smallest absolute Gasteiger partial charge is 0.258 e. The van der Waals surface area contributed by atoms with E-state index in [1.54, 1.807) is 55.1 Å². The van der Waals surface area contributed by atoms with Crippen LogP contribution < -0.4 is 10.2 Å². The standard InChI is InChI=1S/C18H17N5O/c1-23(18(24)15-6-8-19-9-7-15)16-4-2-14(3-5-16)12-22-17-13-20-10-11-21-17/h2-11,13H,12H2,1H3,(H,21,22). The average Bonchev–Trinajstić information content (AvgIpc) is 2.67. The van der Waals surface area contributed by atoms with Crippen molar-refractivity contribution in [1.29, 1.82) is 0 Å². The minimum atomic E-state index is -0.0668. The average molecular weight is 319 g/mol. The molecule has 1 aromatic carbocycles. The molecule has 0 atom stereocenters. The lowest BCUT2D eigenvalue weighted by atomic mass is 10.1. The first-order valence-corrected chi connectivity index (χ1v) is 7.51. The third kappa shape index (κ3) is 3.73. The van der Waals surface area contributed by atoms with Crippen LogP contribution in [0.3, 0.4) is 0 Å². The van der Waals surface area contributed by atoms with Crippen LogP contribution in [-0.4, -0.2) is 27.9 Å². The van der Waals surface area contributed by atoms with Crippen molar-refractivity contribution in [3.63, 3.8) is 0 Å². The van der Waals surface area contributed by atoms with Gasteiger partial charge < -0.3 is 10.2 Å². The van der Waals surface area contributed by atoms with Crippen molar-refractivity contribution in [1.82, 2.24) is 15.0 Å². The van der Waals surface area contributed by atoms with Gasteiger partial charge in [0.1, 0.15) is 5.82 Å². The highest BCUT2D eigenvalue weighted by Crippen LogP contribution is 2.17. The van der Waals surface area contributed by atoms with E-state index < -0.39 is 0 Å². The Labute approximate surface area is 140 Å². The first-order chi connectivity index (χ1) is 11.7. The van der Waals surface area contributed by atoms with E-state index >= 15 is 0 Å². The number of nitrogens with one attached hydrogen (secondary N) is 1. The summed E-state index contributed by atoms with van der Waals surface area (Å²) in [6, 6.07) is 11.2. The van der Waals surface area contributed by atoms with Crippen molar-refractivity contribution in [3.8, 4) is 0 Å². The summed E-state index contributed by atoms with van der Waals surface area (Å²) < 4.78 is 0. The molecule has 24 heavy (non-hydrogen) atoms. The van der Waals surface area contributed by atoms with E-state index in [2.05, 4.69) is 20.3 Å². The lowest BCUT2D eigenvalue weighted by Crippen LogP contribution is -2.26. The Hall–Kier alpha value is -3.28. The summed E-state index contributed by atoms with van der Waals surface area (Å²) in [5, 5.41) is 3.20. The van der Waals surface area contributed by atoms with Gasteiger partial charge in [-0.25, -0.2) is 4.98 Å². The number of anilines is 2. The van der Waals surface area contributed by atoms with Gasteiger partial charge in [0.15, 0.2) is 0 Å². The maximum Gasteiger partial charge on any atom is 0.258 e. The molecular formula is C18H17N5O. The predicted octanol–water partition coefficient (Wildman–Crippen LogP) is 2.76. The fourth-order valence-electron chi connectivity index (χ4n) is 2.23. The van der Waals surface area contributed by atoms with Gasteiger partial charge in [-0.1, -0.05) is 12.1 Å². The molecule has 0 aliphatic rings.